The highest BCUT2D eigenvalue weighted by atomic mass is 16.5. The van der Waals surface area contributed by atoms with Crippen LogP contribution in [0.1, 0.15) is 32.6 Å². The molecule has 96 valence electrons. The summed E-state index contributed by atoms with van der Waals surface area (Å²) in [6.07, 6.45) is 4.73. The van der Waals surface area contributed by atoms with E-state index in [9.17, 15) is 4.79 Å². The zero-order valence-electron chi connectivity index (χ0n) is 10.9. The zero-order valence-corrected chi connectivity index (χ0v) is 10.9. The summed E-state index contributed by atoms with van der Waals surface area (Å²) in [5.74, 6) is -0.00439. The highest BCUT2D eigenvalue weighted by molar-refractivity contribution is 5.77. The molecule has 0 atom stereocenters. The van der Waals surface area contributed by atoms with Crippen molar-refractivity contribution >= 4 is 5.91 Å². The SMILES string of the molecule is CCCCCCNC(=O)COCCN(C)C. The van der Waals surface area contributed by atoms with E-state index < -0.39 is 0 Å². The molecule has 0 bridgehead atoms. The monoisotopic (exact) mass is 230 g/mol. The summed E-state index contributed by atoms with van der Waals surface area (Å²) in [6, 6.07) is 0. The van der Waals surface area contributed by atoms with Gasteiger partial charge < -0.3 is 15.0 Å². The van der Waals surface area contributed by atoms with Crippen LogP contribution in [0.5, 0.6) is 0 Å². The number of rotatable bonds is 10. The summed E-state index contributed by atoms with van der Waals surface area (Å²) in [5, 5.41) is 2.85. The van der Waals surface area contributed by atoms with Crippen LogP contribution in [0.25, 0.3) is 0 Å². The van der Waals surface area contributed by atoms with Gasteiger partial charge in [-0.2, -0.15) is 0 Å². The number of hydrogen-bond donors (Lipinski definition) is 1. The van der Waals surface area contributed by atoms with Gasteiger partial charge >= 0.3 is 0 Å². The molecule has 4 heteroatoms. The van der Waals surface area contributed by atoms with Crippen molar-refractivity contribution < 1.29 is 9.53 Å². The number of amides is 1. The molecule has 1 N–H and O–H groups in total. The summed E-state index contributed by atoms with van der Waals surface area (Å²) >= 11 is 0. The van der Waals surface area contributed by atoms with Crippen molar-refractivity contribution in [3.63, 3.8) is 0 Å². The number of ether oxygens (including phenoxy) is 1. The molecule has 0 saturated carbocycles. The Morgan fingerprint density at radius 3 is 2.62 bits per heavy atom. The Labute approximate surface area is 99.3 Å². The van der Waals surface area contributed by atoms with Crippen LogP contribution in [-0.4, -0.2) is 51.2 Å². The summed E-state index contributed by atoms with van der Waals surface area (Å²) in [4.78, 5) is 13.3. The van der Waals surface area contributed by atoms with E-state index in [2.05, 4.69) is 12.2 Å². The van der Waals surface area contributed by atoms with Crippen molar-refractivity contribution in [3.8, 4) is 0 Å². The van der Waals surface area contributed by atoms with Crippen LogP contribution in [0, 0.1) is 0 Å². The molecule has 4 nitrogen and oxygen atoms in total. The van der Waals surface area contributed by atoms with Crippen molar-refractivity contribution in [3.05, 3.63) is 0 Å². The second kappa shape index (κ2) is 10.9. The van der Waals surface area contributed by atoms with Gasteiger partial charge in [-0.15, -0.1) is 0 Å². The van der Waals surface area contributed by atoms with E-state index in [0.29, 0.717) is 6.61 Å². The van der Waals surface area contributed by atoms with Gasteiger partial charge in [0.15, 0.2) is 0 Å². The lowest BCUT2D eigenvalue weighted by molar-refractivity contribution is -0.125. The van der Waals surface area contributed by atoms with Gasteiger partial charge in [0.1, 0.15) is 6.61 Å². The molecule has 0 aliphatic rings. The van der Waals surface area contributed by atoms with E-state index >= 15 is 0 Å². The highest BCUT2D eigenvalue weighted by Crippen LogP contribution is 1.96. The predicted molar refractivity (Wildman–Crippen MR) is 66.5 cm³/mol. The summed E-state index contributed by atoms with van der Waals surface area (Å²) in [6.45, 7) is 4.59. The second-order valence-corrected chi connectivity index (χ2v) is 4.27. The molecule has 0 aliphatic heterocycles. The third kappa shape index (κ3) is 11.5. The Balaban J connectivity index is 3.18. The van der Waals surface area contributed by atoms with E-state index in [4.69, 9.17) is 4.74 Å². The first-order valence-electron chi connectivity index (χ1n) is 6.16. The average Bonchev–Trinajstić information content (AvgIpc) is 2.24. The van der Waals surface area contributed by atoms with Gasteiger partial charge in [0.05, 0.1) is 6.61 Å². The third-order valence-electron chi connectivity index (χ3n) is 2.27. The van der Waals surface area contributed by atoms with Crippen LogP contribution >= 0.6 is 0 Å². The topological polar surface area (TPSA) is 41.6 Å². The molecule has 0 unspecified atom stereocenters. The van der Waals surface area contributed by atoms with E-state index in [1.165, 1.54) is 19.3 Å². The van der Waals surface area contributed by atoms with Crippen molar-refractivity contribution in [2.45, 2.75) is 32.6 Å². The van der Waals surface area contributed by atoms with E-state index in [1.807, 2.05) is 19.0 Å². The fourth-order valence-corrected chi connectivity index (χ4v) is 1.24. The van der Waals surface area contributed by atoms with Crippen molar-refractivity contribution in [2.24, 2.45) is 0 Å². The lowest BCUT2D eigenvalue weighted by Crippen LogP contribution is -2.29. The number of carbonyl (C=O) groups excluding carboxylic acids is 1. The predicted octanol–water partition coefficient (Wildman–Crippen LogP) is 1.26. The molecule has 0 aromatic carbocycles. The first-order chi connectivity index (χ1) is 7.66. The molecule has 1 amide bonds. The van der Waals surface area contributed by atoms with Crippen LogP contribution < -0.4 is 5.32 Å². The second-order valence-electron chi connectivity index (χ2n) is 4.27. The van der Waals surface area contributed by atoms with Gasteiger partial charge in [-0.05, 0) is 20.5 Å². The molecule has 0 aliphatic carbocycles. The quantitative estimate of drug-likeness (QED) is 0.575. The fourth-order valence-electron chi connectivity index (χ4n) is 1.24. The van der Waals surface area contributed by atoms with Crippen LogP contribution in [0.2, 0.25) is 0 Å². The van der Waals surface area contributed by atoms with Crippen molar-refractivity contribution in [2.75, 3.05) is 40.4 Å². The Kier molecular flexibility index (Phi) is 10.5. The Hall–Kier alpha value is -0.610. The molecule has 0 aromatic rings. The van der Waals surface area contributed by atoms with Gasteiger partial charge in [-0.1, -0.05) is 26.2 Å². The van der Waals surface area contributed by atoms with Crippen molar-refractivity contribution in [1.29, 1.82) is 0 Å². The molecule has 0 rings (SSSR count). The molecular formula is C12H26N2O2. The lowest BCUT2D eigenvalue weighted by atomic mass is 10.2. The standard InChI is InChI=1S/C12H26N2O2/c1-4-5-6-7-8-13-12(15)11-16-10-9-14(2)3/h4-11H2,1-3H3,(H,13,15). The van der Waals surface area contributed by atoms with Crippen LogP contribution in [0.3, 0.4) is 0 Å². The molecule has 16 heavy (non-hydrogen) atoms. The summed E-state index contributed by atoms with van der Waals surface area (Å²) in [7, 11) is 3.97. The maximum Gasteiger partial charge on any atom is 0.245 e. The fraction of sp³-hybridized carbons (Fsp3) is 0.917. The maximum atomic E-state index is 11.3. The number of nitrogens with zero attached hydrogens (tertiary/aromatic N) is 1. The summed E-state index contributed by atoms with van der Waals surface area (Å²) in [5.41, 5.74) is 0. The molecule has 0 fully saturated rings. The molecule has 0 aromatic heterocycles. The number of likely N-dealkylation sites (N-methyl/N-ethyl adjacent to an activating group) is 1. The first-order valence-corrected chi connectivity index (χ1v) is 6.16. The average molecular weight is 230 g/mol. The van der Waals surface area contributed by atoms with E-state index in [-0.39, 0.29) is 12.5 Å². The van der Waals surface area contributed by atoms with Crippen LogP contribution in [-0.2, 0) is 9.53 Å². The first kappa shape index (κ1) is 15.4. The molecule has 0 heterocycles. The number of unbranched alkanes of at least 4 members (excludes halogenated alkanes) is 3. The van der Waals surface area contributed by atoms with Gasteiger partial charge in [-0.3, -0.25) is 4.79 Å². The largest absolute Gasteiger partial charge is 0.370 e. The number of hydrogen-bond acceptors (Lipinski definition) is 3. The molecule has 0 spiro atoms. The zero-order chi connectivity index (χ0) is 12.2. The Bertz CT molecular complexity index is 172. The number of nitrogens with one attached hydrogen (secondary N) is 1. The lowest BCUT2D eigenvalue weighted by Gasteiger charge is -2.09. The van der Waals surface area contributed by atoms with E-state index in [0.717, 1.165) is 19.5 Å². The van der Waals surface area contributed by atoms with Crippen LogP contribution in [0.4, 0.5) is 0 Å². The Morgan fingerprint density at radius 2 is 2.00 bits per heavy atom. The Morgan fingerprint density at radius 1 is 1.25 bits per heavy atom. The minimum atomic E-state index is -0.00439. The van der Waals surface area contributed by atoms with Crippen molar-refractivity contribution in [1.82, 2.24) is 10.2 Å². The molecular weight excluding hydrogens is 204 g/mol. The minimum Gasteiger partial charge on any atom is -0.370 e. The van der Waals surface area contributed by atoms with Gasteiger partial charge in [0.2, 0.25) is 5.91 Å². The van der Waals surface area contributed by atoms with Crippen LogP contribution in [0.15, 0.2) is 0 Å². The van der Waals surface area contributed by atoms with Gasteiger partial charge in [0, 0.05) is 13.1 Å². The smallest absolute Gasteiger partial charge is 0.245 e. The maximum absolute atomic E-state index is 11.3. The molecule has 0 radical (unpaired) electrons. The highest BCUT2D eigenvalue weighted by Gasteiger charge is 2.00. The van der Waals surface area contributed by atoms with Gasteiger partial charge in [-0.25, -0.2) is 0 Å². The summed E-state index contributed by atoms with van der Waals surface area (Å²) < 4.78 is 5.23. The minimum absolute atomic E-state index is 0.00439. The normalized spacial score (nSPS) is 10.8. The third-order valence-corrected chi connectivity index (χ3v) is 2.27. The van der Waals surface area contributed by atoms with Gasteiger partial charge in [0.25, 0.3) is 0 Å². The number of carbonyl (C=O) groups is 1. The molecule has 0 saturated heterocycles. The van der Waals surface area contributed by atoms with E-state index in [1.54, 1.807) is 0 Å².